The number of carbonyl (C=O) groups is 1. The highest BCUT2D eigenvalue weighted by atomic mass is 16.5. The Balaban J connectivity index is 2.09. The summed E-state index contributed by atoms with van der Waals surface area (Å²) in [5.41, 5.74) is 5.21. The van der Waals surface area contributed by atoms with E-state index in [1.54, 1.807) is 0 Å². The molecule has 1 aromatic carbocycles. The lowest BCUT2D eigenvalue weighted by atomic mass is 9.73. The van der Waals surface area contributed by atoms with Gasteiger partial charge in [0.25, 0.3) is 0 Å². The molecule has 0 N–H and O–H groups in total. The maximum absolute atomic E-state index is 11.6. The van der Waals surface area contributed by atoms with Crippen LogP contribution in [0.15, 0.2) is 47.6 Å². The zero-order valence-corrected chi connectivity index (χ0v) is 16.5. The maximum atomic E-state index is 11.6. The van der Waals surface area contributed by atoms with Crippen LogP contribution in [0.4, 0.5) is 0 Å². The number of rotatable bonds is 5. The standard InChI is InChI=1S/C24H30O2/c1-5-26-23(25)17-16-21-14-7-6-12-20(21)13-8-9-15-22-19(2)11-10-18-24(22,3)4/h6-7,9,12,14-15H,5,10-11,16-18H2,1-4H3. The topological polar surface area (TPSA) is 26.3 Å². The van der Waals surface area contributed by atoms with Gasteiger partial charge in [-0.25, -0.2) is 0 Å². The summed E-state index contributed by atoms with van der Waals surface area (Å²) in [4.78, 5) is 11.6. The van der Waals surface area contributed by atoms with E-state index in [2.05, 4.69) is 38.7 Å². The lowest BCUT2D eigenvalue weighted by Gasteiger charge is -2.32. The molecule has 2 rings (SSSR count). The van der Waals surface area contributed by atoms with Gasteiger partial charge in [0.15, 0.2) is 0 Å². The molecule has 2 nitrogen and oxygen atoms in total. The van der Waals surface area contributed by atoms with Crippen LogP contribution in [0.5, 0.6) is 0 Å². The van der Waals surface area contributed by atoms with Crippen LogP contribution in [0.3, 0.4) is 0 Å². The van der Waals surface area contributed by atoms with Gasteiger partial charge in [-0.2, -0.15) is 0 Å². The van der Waals surface area contributed by atoms with E-state index in [0.717, 1.165) is 11.1 Å². The highest BCUT2D eigenvalue weighted by Crippen LogP contribution is 2.40. The number of hydrogen-bond acceptors (Lipinski definition) is 2. The second-order valence-corrected chi connectivity index (χ2v) is 7.50. The minimum absolute atomic E-state index is 0.155. The molecule has 0 bridgehead atoms. The summed E-state index contributed by atoms with van der Waals surface area (Å²) in [5, 5.41) is 0. The van der Waals surface area contributed by atoms with Gasteiger partial charge >= 0.3 is 5.97 Å². The van der Waals surface area contributed by atoms with Gasteiger partial charge in [-0.05, 0) is 68.2 Å². The monoisotopic (exact) mass is 350 g/mol. The highest BCUT2D eigenvalue weighted by molar-refractivity contribution is 5.69. The smallest absolute Gasteiger partial charge is 0.306 e. The third-order valence-corrected chi connectivity index (χ3v) is 5.00. The van der Waals surface area contributed by atoms with Gasteiger partial charge in [0.05, 0.1) is 6.61 Å². The van der Waals surface area contributed by atoms with Crippen LogP contribution in [0.1, 0.15) is 64.5 Å². The number of allylic oxidation sites excluding steroid dienone is 4. The van der Waals surface area contributed by atoms with Crippen LogP contribution >= 0.6 is 0 Å². The van der Waals surface area contributed by atoms with Crippen molar-refractivity contribution in [2.75, 3.05) is 6.61 Å². The summed E-state index contributed by atoms with van der Waals surface area (Å²) >= 11 is 0. The summed E-state index contributed by atoms with van der Waals surface area (Å²) in [6, 6.07) is 8.01. The van der Waals surface area contributed by atoms with Crippen molar-refractivity contribution in [3.63, 3.8) is 0 Å². The number of esters is 1. The van der Waals surface area contributed by atoms with Crippen molar-refractivity contribution in [1.82, 2.24) is 0 Å². The van der Waals surface area contributed by atoms with Crippen molar-refractivity contribution in [1.29, 1.82) is 0 Å². The molecule has 0 saturated heterocycles. The molecule has 0 amide bonds. The number of benzene rings is 1. The quantitative estimate of drug-likeness (QED) is 0.509. The van der Waals surface area contributed by atoms with Crippen LogP contribution in [-0.2, 0) is 16.0 Å². The van der Waals surface area contributed by atoms with Crippen molar-refractivity contribution >= 4 is 5.97 Å². The summed E-state index contributed by atoms with van der Waals surface area (Å²) in [7, 11) is 0. The van der Waals surface area contributed by atoms with E-state index < -0.39 is 0 Å². The molecule has 2 heteroatoms. The Hall–Kier alpha value is -2.27. The fraction of sp³-hybridized carbons (Fsp3) is 0.458. The Labute approximate surface area is 158 Å². The number of ether oxygens (including phenoxy) is 1. The average Bonchev–Trinajstić information content (AvgIpc) is 2.59. The van der Waals surface area contributed by atoms with Crippen molar-refractivity contribution in [3.8, 4) is 11.8 Å². The van der Waals surface area contributed by atoms with Gasteiger partial charge in [-0.1, -0.05) is 55.5 Å². The molecule has 0 heterocycles. The van der Waals surface area contributed by atoms with Crippen LogP contribution < -0.4 is 0 Å². The Morgan fingerprint density at radius 2 is 2.08 bits per heavy atom. The molecular weight excluding hydrogens is 320 g/mol. The molecule has 26 heavy (non-hydrogen) atoms. The highest BCUT2D eigenvalue weighted by Gasteiger charge is 2.26. The first-order chi connectivity index (χ1) is 12.4. The van der Waals surface area contributed by atoms with Crippen LogP contribution in [-0.4, -0.2) is 12.6 Å². The van der Waals surface area contributed by atoms with Crippen LogP contribution in [0, 0.1) is 17.3 Å². The fourth-order valence-corrected chi connectivity index (χ4v) is 3.58. The Morgan fingerprint density at radius 3 is 2.81 bits per heavy atom. The number of hydrogen-bond donors (Lipinski definition) is 0. The molecule has 0 fully saturated rings. The predicted octanol–water partition coefficient (Wildman–Crippen LogP) is 5.62. The molecule has 0 spiro atoms. The van der Waals surface area contributed by atoms with Crippen molar-refractivity contribution < 1.29 is 9.53 Å². The Morgan fingerprint density at radius 1 is 1.31 bits per heavy atom. The Bertz CT molecular complexity index is 754. The predicted molar refractivity (Wildman–Crippen MR) is 108 cm³/mol. The minimum atomic E-state index is -0.155. The maximum Gasteiger partial charge on any atom is 0.306 e. The second-order valence-electron chi connectivity index (χ2n) is 7.50. The average molecular weight is 351 g/mol. The summed E-state index contributed by atoms with van der Waals surface area (Å²) in [5.74, 6) is 6.26. The van der Waals surface area contributed by atoms with E-state index >= 15 is 0 Å². The summed E-state index contributed by atoms with van der Waals surface area (Å²) in [6.45, 7) is 9.12. The van der Waals surface area contributed by atoms with Crippen LogP contribution in [0.25, 0.3) is 0 Å². The van der Waals surface area contributed by atoms with E-state index in [4.69, 9.17) is 4.74 Å². The molecule has 0 aromatic heterocycles. The third kappa shape index (κ3) is 5.63. The molecule has 0 radical (unpaired) electrons. The summed E-state index contributed by atoms with van der Waals surface area (Å²) in [6.07, 6.45) is 8.89. The van der Waals surface area contributed by atoms with E-state index in [9.17, 15) is 4.79 Å². The SMILES string of the molecule is CCOC(=O)CCc1ccccc1C#CC=CC1=C(C)CCCC1(C)C. The van der Waals surface area contributed by atoms with Crippen molar-refractivity contribution in [2.45, 2.75) is 59.8 Å². The van der Waals surface area contributed by atoms with Crippen LogP contribution in [0.2, 0.25) is 0 Å². The van der Waals surface area contributed by atoms with Gasteiger partial charge in [-0.15, -0.1) is 0 Å². The van der Waals surface area contributed by atoms with E-state index in [-0.39, 0.29) is 11.4 Å². The zero-order valence-electron chi connectivity index (χ0n) is 16.5. The van der Waals surface area contributed by atoms with Gasteiger partial charge < -0.3 is 4.74 Å². The van der Waals surface area contributed by atoms with Gasteiger partial charge in [0, 0.05) is 12.0 Å². The lowest BCUT2D eigenvalue weighted by Crippen LogP contribution is -2.18. The molecule has 1 aliphatic rings. The molecule has 138 valence electrons. The molecule has 1 aliphatic carbocycles. The largest absolute Gasteiger partial charge is 0.466 e. The molecule has 1 aromatic rings. The number of aryl methyl sites for hydroxylation is 1. The first-order valence-electron chi connectivity index (χ1n) is 9.56. The van der Waals surface area contributed by atoms with E-state index in [1.165, 1.54) is 30.4 Å². The molecule has 0 atom stereocenters. The summed E-state index contributed by atoms with van der Waals surface area (Å²) < 4.78 is 5.01. The van der Waals surface area contributed by atoms with Crippen molar-refractivity contribution in [3.05, 3.63) is 58.7 Å². The first-order valence-corrected chi connectivity index (χ1v) is 9.56. The lowest BCUT2D eigenvalue weighted by molar-refractivity contribution is -0.143. The van der Waals surface area contributed by atoms with Crippen molar-refractivity contribution in [2.24, 2.45) is 5.41 Å². The molecular formula is C24H30O2. The van der Waals surface area contributed by atoms with Gasteiger partial charge in [-0.3, -0.25) is 4.79 Å². The van der Waals surface area contributed by atoms with E-state index in [1.807, 2.05) is 37.3 Å². The number of carbonyl (C=O) groups excluding carboxylic acids is 1. The van der Waals surface area contributed by atoms with Gasteiger partial charge in [0.1, 0.15) is 0 Å². The minimum Gasteiger partial charge on any atom is -0.466 e. The normalized spacial score (nSPS) is 16.3. The molecule has 0 unspecified atom stereocenters. The second kappa shape index (κ2) is 9.43. The van der Waals surface area contributed by atoms with E-state index in [0.29, 0.717) is 19.4 Å². The Kier molecular flexibility index (Phi) is 7.27. The first kappa shape index (κ1) is 20.0. The van der Waals surface area contributed by atoms with Gasteiger partial charge in [0.2, 0.25) is 0 Å². The fourth-order valence-electron chi connectivity index (χ4n) is 3.58. The third-order valence-electron chi connectivity index (χ3n) is 5.00. The molecule has 0 saturated carbocycles. The zero-order chi connectivity index (χ0) is 19.0. The molecule has 0 aliphatic heterocycles.